The molecule has 2 aromatic carbocycles. The van der Waals surface area contributed by atoms with E-state index in [0.29, 0.717) is 6.61 Å². The maximum Gasteiger partial charge on any atom is 0.269 e. The summed E-state index contributed by atoms with van der Waals surface area (Å²) < 4.78 is 5.67. The van der Waals surface area contributed by atoms with Crippen LogP contribution in [0.25, 0.3) is 0 Å². The Labute approximate surface area is 111 Å². The Bertz CT molecular complexity index is 564. The van der Waals surface area contributed by atoms with E-state index >= 15 is 0 Å². The van der Waals surface area contributed by atoms with Crippen LogP contribution >= 0.6 is 0 Å². The Morgan fingerprint density at radius 2 is 1.84 bits per heavy atom. The molecule has 0 atom stereocenters. The van der Waals surface area contributed by atoms with Crippen molar-refractivity contribution in [2.24, 2.45) is 0 Å². The second-order valence-corrected chi connectivity index (χ2v) is 4.21. The van der Waals surface area contributed by atoms with E-state index < -0.39 is 4.92 Å². The van der Waals surface area contributed by atoms with E-state index in [-0.39, 0.29) is 5.69 Å². The van der Waals surface area contributed by atoms with E-state index in [1.54, 1.807) is 12.1 Å². The number of nitro groups is 1. The molecule has 0 spiro atoms. The number of benzene rings is 2. The van der Waals surface area contributed by atoms with E-state index in [2.05, 4.69) is 13.0 Å². The van der Waals surface area contributed by atoms with Crippen molar-refractivity contribution in [1.29, 1.82) is 0 Å². The van der Waals surface area contributed by atoms with Gasteiger partial charge >= 0.3 is 0 Å². The molecular weight excluding hydrogens is 242 g/mol. The fourth-order valence-electron chi connectivity index (χ4n) is 1.74. The van der Waals surface area contributed by atoms with Gasteiger partial charge in [-0.2, -0.15) is 0 Å². The topological polar surface area (TPSA) is 52.4 Å². The highest BCUT2D eigenvalue weighted by Crippen LogP contribution is 2.17. The van der Waals surface area contributed by atoms with Crippen LogP contribution in [-0.2, 0) is 13.0 Å². The molecule has 0 bridgehead atoms. The van der Waals surface area contributed by atoms with Gasteiger partial charge in [-0.1, -0.05) is 19.1 Å². The molecule has 4 nitrogen and oxygen atoms in total. The molecule has 0 heterocycles. The van der Waals surface area contributed by atoms with E-state index in [0.717, 1.165) is 17.7 Å². The first-order chi connectivity index (χ1) is 9.19. The van der Waals surface area contributed by atoms with Gasteiger partial charge < -0.3 is 4.74 Å². The summed E-state index contributed by atoms with van der Waals surface area (Å²) in [5, 5.41) is 10.5. The summed E-state index contributed by atoms with van der Waals surface area (Å²) in [5.41, 5.74) is 2.23. The lowest BCUT2D eigenvalue weighted by molar-refractivity contribution is -0.384. The summed E-state index contributed by atoms with van der Waals surface area (Å²) in [6.07, 6.45) is 0.967. The van der Waals surface area contributed by atoms with Crippen molar-refractivity contribution in [3.8, 4) is 5.75 Å². The molecule has 4 heteroatoms. The molecule has 0 aliphatic carbocycles. The quantitative estimate of drug-likeness (QED) is 0.605. The van der Waals surface area contributed by atoms with Crippen molar-refractivity contribution >= 4 is 5.69 Å². The zero-order chi connectivity index (χ0) is 13.7. The standard InChI is InChI=1S/C15H15NO3/c1-2-12-4-3-5-15(10-12)19-11-13-6-8-14(9-7-13)16(17)18/h3-10H,2,11H2,1H3. The second-order valence-electron chi connectivity index (χ2n) is 4.21. The molecule has 0 saturated heterocycles. The van der Waals surface area contributed by atoms with E-state index in [1.165, 1.54) is 17.7 Å². The van der Waals surface area contributed by atoms with Crippen LogP contribution in [0.4, 0.5) is 5.69 Å². The molecule has 0 N–H and O–H groups in total. The molecule has 0 aromatic heterocycles. The average Bonchev–Trinajstić information content (AvgIpc) is 2.46. The van der Waals surface area contributed by atoms with E-state index in [1.807, 2.05) is 18.2 Å². The van der Waals surface area contributed by atoms with Gasteiger partial charge in [0, 0.05) is 12.1 Å². The number of hydrogen-bond acceptors (Lipinski definition) is 3. The minimum atomic E-state index is -0.407. The van der Waals surface area contributed by atoms with Crippen molar-refractivity contribution in [3.63, 3.8) is 0 Å². The molecule has 0 unspecified atom stereocenters. The van der Waals surface area contributed by atoms with Gasteiger partial charge in [-0.15, -0.1) is 0 Å². The number of rotatable bonds is 5. The summed E-state index contributed by atoms with van der Waals surface area (Å²) in [6, 6.07) is 14.3. The molecule has 0 amide bonds. The summed E-state index contributed by atoms with van der Waals surface area (Å²) >= 11 is 0. The molecule has 2 rings (SSSR count). The molecule has 2 aromatic rings. The Kier molecular flexibility index (Phi) is 4.13. The molecule has 19 heavy (non-hydrogen) atoms. The van der Waals surface area contributed by atoms with Gasteiger partial charge in [-0.3, -0.25) is 10.1 Å². The largest absolute Gasteiger partial charge is 0.489 e. The maximum atomic E-state index is 10.5. The van der Waals surface area contributed by atoms with Crippen molar-refractivity contribution in [2.45, 2.75) is 20.0 Å². The van der Waals surface area contributed by atoms with Gasteiger partial charge in [0.15, 0.2) is 0 Å². The minimum Gasteiger partial charge on any atom is -0.489 e. The van der Waals surface area contributed by atoms with Crippen LogP contribution in [0.15, 0.2) is 48.5 Å². The van der Waals surface area contributed by atoms with E-state index in [4.69, 9.17) is 4.74 Å². The number of non-ortho nitro benzene ring substituents is 1. The second kappa shape index (κ2) is 6.00. The first-order valence-corrected chi connectivity index (χ1v) is 6.14. The zero-order valence-electron chi connectivity index (χ0n) is 10.7. The van der Waals surface area contributed by atoms with Crippen molar-refractivity contribution < 1.29 is 9.66 Å². The molecule has 0 saturated carbocycles. The average molecular weight is 257 g/mol. The van der Waals surface area contributed by atoms with Gasteiger partial charge in [-0.25, -0.2) is 0 Å². The summed E-state index contributed by atoms with van der Waals surface area (Å²) in [5.74, 6) is 0.817. The monoisotopic (exact) mass is 257 g/mol. The fraction of sp³-hybridized carbons (Fsp3) is 0.200. The van der Waals surface area contributed by atoms with Gasteiger partial charge in [-0.05, 0) is 41.8 Å². The highest BCUT2D eigenvalue weighted by atomic mass is 16.6. The normalized spacial score (nSPS) is 10.2. The SMILES string of the molecule is CCc1cccc(OCc2ccc([N+](=O)[O-])cc2)c1. The summed E-state index contributed by atoms with van der Waals surface area (Å²) in [7, 11) is 0. The lowest BCUT2D eigenvalue weighted by Crippen LogP contribution is -1.96. The summed E-state index contributed by atoms with van der Waals surface area (Å²) in [6.45, 7) is 2.50. The zero-order valence-corrected chi connectivity index (χ0v) is 10.7. The Morgan fingerprint density at radius 1 is 1.11 bits per heavy atom. The van der Waals surface area contributed by atoms with Crippen molar-refractivity contribution in [3.05, 3.63) is 69.8 Å². The fourth-order valence-corrected chi connectivity index (χ4v) is 1.74. The number of nitro benzene ring substituents is 1. The van der Waals surface area contributed by atoms with Crippen LogP contribution in [-0.4, -0.2) is 4.92 Å². The van der Waals surface area contributed by atoms with Crippen molar-refractivity contribution in [1.82, 2.24) is 0 Å². The minimum absolute atomic E-state index is 0.0942. The molecule has 0 aliphatic rings. The Hall–Kier alpha value is -2.36. The lowest BCUT2D eigenvalue weighted by Gasteiger charge is -2.07. The van der Waals surface area contributed by atoms with Crippen molar-refractivity contribution in [2.75, 3.05) is 0 Å². The molecular formula is C15H15NO3. The van der Waals surface area contributed by atoms with Gasteiger partial charge in [0.2, 0.25) is 0 Å². The number of hydrogen-bond donors (Lipinski definition) is 0. The third-order valence-electron chi connectivity index (χ3n) is 2.86. The van der Waals surface area contributed by atoms with Gasteiger partial charge in [0.1, 0.15) is 12.4 Å². The first kappa shape index (κ1) is 13.1. The van der Waals surface area contributed by atoms with Crippen LogP contribution < -0.4 is 4.74 Å². The predicted octanol–water partition coefficient (Wildman–Crippen LogP) is 3.74. The van der Waals surface area contributed by atoms with Gasteiger partial charge in [0.05, 0.1) is 4.92 Å². The van der Waals surface area contributed by atoms with Gasteiger partial charge in [0.25, 0.3) is 5.69 Å². The number of aryl methyl sites for hydroxylation is 1. The molecule has 0 radical (unpaired) electrons. The molecule has 0 aliphatic heterocycles. The highest BCUT2D eigenvalue weighted by Gasteiger charge is 2.04. The third kappa shape index (κ3) is 3.55. The highest BCUT2D eigenvalue weighted by molar-refractivity contribution is 5.33. The number of nitrogens with zero attached hydrogens (tertiary/aromatic N) is 1. The van der Waals surface area contributed by atoms with E-state index in [9.17, 15) is 10.1 Å². The van der Waals surface area contributed by atoms with Crippen LogP contribution in [0.3, 0.4) is 0 Å². The van der Waals surface area contributed by atoms with Crippen LogP contribution in [0.2, 0.25) is 0 Å². The predicted molar refractivity (Wildman–Crippen MR) is 73.2 cm³/mol. The molecule has 0 fully saturated rings. The maximum absolute atomic E-state index is 10.5. The Morgan fingerprint density at radius 3 is 2.47 bits per heavy atom. The third-order valence-corrected chi connectivity index (χ3v) is 2.86. The lowest BCUT2D eigenvalue weighted by atomic mass is 10.1. The van der Waals surface area contributed by atoms with Crippen LogP contribution in [0, 0.1) is 10.1 Å². The number of ether oxygens (including phenoxy) is 1. The van der Waals surface area contributed by atoms with Crippen LogP contribution in [0.1, 0.15) is 18.1 Å². The van der Waals surface area contributed by atoms with Crippen LogP contribution in [0.5, 0.6) is 5.75 Å². The summed E-state index contributed by atoms with van der Waals surface area (Å²) in [4.78, 5) is 10.1. The smallest absolute Gasteiger partial charge is 0.269 e. The Balaban J connectivity index is 1.99. The molecule has 98 valence electrons. The first-order valence-electron chi connectivity index (χ1n) is 6.14.